The van der Waals surface area contributed by atoms with Gasteiger partial charge in [-0.25, -0.2) is 0 Å². The molecule has 0 bridgehead atoms. The summed E-state index contributed by atoms with van der Waals surface area (Å²) < 4.78 is 5.34. The summed E-state index contributed by atoms with van der Waals surface area (Å²) in [5, 5.41) is 14.2. The Balaban J connectivity index is 2.23. The van der Waals surface area contributed by atoms with Crippen LogP contribution in [0.1, 0.15) is 12.8 Å². The van der Waals surface area contributed by atoms with Crippen molar-refractivity contribution in [2.75, 3.05) is 24.0 Å². The third-order valence-electron chi connectivity index (χ3n) is 2.89. The smallest absolute Gasteiger partial charge is 0.316 e. The summed E-state index contributed by atoms with van der Waals surface area (Å²) in [4.78, 5) is 10.6. The largest absolute Gasteiger partial charge is 0.379 e. The number of nitrogens with one attached hydrogen (secondary N) is 2. The van der Waals surface area contributed by atoms with Crippen LogP contribution in [0.15, 0.2) is 18.2 Å². The molecule has 1 aliphatic rings. The number of benzene rings is 1. The SMILES string of the molecule is NNc1cccc(NC2CCCOC2)c1[N+](=O)[O-]. The van der Waals surface area contributed by atoms with E-state index in [1.807, 2.05) is 0 Å². The van der Waals surface area contributed by atoms with Gasteiger partial charge in [0.15, 0.2) is 0 Å². The summed E-state index contributed by atoms with van der Waals surface area (Å²) in [6, 6.07) is 5.06. The number of hydrogen-bond acceptors (Lipinski definition) is 6. The fraction of sp³-hybridized carbons (Fsp3) is 0.455. The maximum Gasteiger partial charge on any atom is 0.316 e. The minimum atomic E-state index is -0.443. The second kappa shape index (κ2) is 5.65. The standard InChI is InChI=1S/C11H16N4O3/c12-14-10-5-1-4-9(11(10)15(16)17)13-8-3-2-6-18-7-8/h1,4-5,8,13-14H,2-3,6-7,12H2. The lowest BCUT2D eigenvalue weighted by Gasteiger charge is -2.24. The molecule has 0 amide bonds. The van der Waals surface area contributed by atoms with Crippen molar-refractivity contribution in [1.29, 1.82) is 0 Å². The van der Waals surface area contributed by atoms with Gasteiger partial charge >= 0.3 is 5.69 Å². The maximum absolute atomic E-state index is 11.1. The first-order valence-electron chi connectivity index (χ1n) is 5.80. The van der Waals surface area contributed by atoms with E-state index in [0.29, 0.717) is 18.0 Å². The highest BCUT2D eigenvalue weighted by molar-refractivity contribution is 5.76. The molecule has 1 aliphatic heterocycles. The van der Waals surface area contributed by atoms with E-state index in [1.54, 1.807) is 18.2 Å². The number of nitro benzene ring substituents is 1. The Hall–Kier alpha value is -1.86. The molecule has 4 N–H and O–H groups in total. The Kier molecular flexibility index (Phi) is 3.96. The minimum absolute atomic E-state index is 0.0365. The Morgan fingerprint density at radius 2 is 2.22 bits per heavy atom. The lowest BCUT2D eigenvalue weighted by atomic mass is 10.1. The molecular formula is C11H16N4O3. The number of hydrogen-bond donors (Lipinski definition) is 3. The quantitative estimate of drug-likeness (QED) is 0.426. The van der Waals surface area contributed by atoms with Gasteiger partial charge < -0.3 is 15.5 Å². The van der Waals surface area contributed by atoms with Crippen molar-refractivity contribution in [3.05, 3.63) is 28.3 Å². The molecule has 0 saturated carbocycles. The fourth-order valence-electron chi connectivity index (χ4n) is 2.05. The van der Waals surface area contributed by atoms with Crippen LogP contribution in [0.2, 0.25) is 0 Å². The molecule has 98 valence electrons. The van der Waals surface area contributed by atoms with Crippen molar-refractivity contribution in [1.82, 2.24) is 0 Å². The molecule has 1 fully saturated rings. The topological polar surface area (TPSA) is 102 Å². The normalized spacial score (nSPS) is 19.3. The van der Waals surface area contributed by atoms with Gasteiger partial charge in [-0.05, 0) is 25.0 Å². The van der Waals surface area contributed by atoms with E-state index in [0.717, 1.165) is 19.4 Å². The maximum atomic E-state index is 11.1. The number of nitrogens with two attached hydrogens (primary N) is 1. The van der Waals surface area contributed by atoms with E-state index in [9.17, 15) is 10.1 Å². The average Bonchev–Trinajstić information content (AvgIpc) is 2.39. The first-order chi connectivity index (χ1) is 8.72. The monoisotopic (exact) mass is 252 g/mol. The van der Waals surface area contributed by atoms with Crippen LogP contribution in [0.5, 0.6) is 0 Å². The highest BCUT2D eigenvalue weighted by Crippen LogP contribution is 2.33. The van der Waals surface area contributed by atoms with E-state index in [2.05, 4.69) is 10.7 Å². The number of nitrogens with zero attached hydrogens (tertiary/aromatic N) is 1. The van der Waals surface area contributed by atoms with Crippen LogP contribution < -0.4 is 16.6 Å². The van der Waals surface area contributed by atoms with Crippen molar-refractivity contribution in [3.63, 3.8) is 0 Å². The van der Waals surface area contributed by atoms with Gasteiger partial charge in [0.05, 0.1) is 11.5 Å². The van der Waals surface area contributed by atoms with Crippen LogP contribution >= 0.6 is 0 Å². The summed E-state index contributed by atoms with van der Waals surface area (Å²) in [7, 11) is 0. The van der Waals surface area contributed by atoms with Crippen LogP contribution in [0, 0.1) is 10.1 Å². The van der Waals surface area contributed by atoms with Crippen LogP contribution in [-0.4, -0.2) is 24.2 Å². The third-order valence-corrected chi connectivity index (χ3v) is 2.89. The van der Waals surface area contributed by atoms with Crippen LogP contribution in [0.25, 0.3) is 0 Å². The zero-order valence-electron chi connectivity index (χ0n) is 9.89. The summed E-state index contributed by atoms with van der Waals surface area (Å²) in [5.74, 6) is 5.28. The predicted molar refractivity (Wildman–Crippen MR) is 68.4 cm³/mol. The molecule has 0 aliphatic carbocycles. The van der Waals surface area contributed by atoms with Gasteiger partial charge in [0, 0.05) is 12.6 Å². The molecule has 1 saturated heterocycles. The van der Waals surface area contributed by atoms with Gasteiger partial charge in [0.2, 0.25) is 0 Å². The lowest BCUT2D eigenvalue weighted by Crippen LogP contribution is -2.30. The van der Waals surface area contributed by atoms with Gasteiger partial charge in [-0.15, -0.1) is 0 Å². The van der Waals surface area contributed by atoms with Crippen molar-refractivity contribution >= 4 is 17.1 Å². The molecule has 0 radical (unpaired) electrons. The lowest BCUT2D eigenvalue weighted by molar-refractivity contribution is -0.383. The van der Waals surface area contributed by atoms with Gasteiger partial charge in [0.25, 0.3) is 0 Å². The molecule has 1 aromatic rings. The molecule has 7 heteroatoms. The Labute approximate surface area is 104 Å². The number of nitro groups is 1. The van der Waals surface area contributed by atoms with Crippen LogP contribution in [-0.2, 0) is 4.74 Å². The zero-order chi connectivity index (χ0) is 13.0. The predicted octanol–water partition coefficient (Wildman–Crippen LogP) is 1.47. The summed E-state index contributed by atoms with van der Waals surface area (Å²) in [6.45, 7) is 1.32. The van der Waals surface area contributed by atoms with Gasteiger partial charge in [-0.2, -0.15) is 0 Å². The van der Waals surface area contributed by atoms with E-state index in [-0.39, 0.29) is 11.7 Å². The van der Waals surface area contributed by atoms with Crippen molar-refractivity contribution in [2.24, 2.45) is 5.84 Å². The molecule has 1 atom stereocenters. The highest BCUT2D eigenvalue weighted by Gasteiger charge is 2.22. The molecule has 1 heterocycles. The summed E-state index contributed by atoms with van der Waals surface area (Å²) in [6.07, 6.45) is 1.90. The highest BCUT2D eigenvalue weighted by atomic mass is 16.6. The second-order valence-electron chi connectivity index (χ2n) is 4.16. The molecule has 18 heavy (non-hydrogen) atoms. The molecule has 0 spiro atoms. The van der Waals surface area contributed by atoms with Crippen molar-refractivity contribution in [2.45, 2.75) is 18.9 Å². The van der Waals surface area contributed by atoms with Crippen LogP contribution in [0.3, 0.4) is 0 Å². The van der Waals surface area contributed by atoms with E-state index in [4.69, 9.17) is 10.6 Å². The first kappa shape index (κ1) is 12.6. The van der Waals surface area contributed by atoms with E-state index in [1.165, 1.54) is 0 Å². The average molecular weight is 252 g/mol. The van der Waals surface area contributed by atoms with E-state index >= 15 is 0 Å². The van der Waals surface area contributed by atoms with Gasteiger partial charge in [-0.3, -0.25) is 16.0 Å². The summed E-state index contributed by atoms with van der Waals surface area (Å²) >= 11 is 0. The Morgan fingerprint density at radius 1 is 1.44 bits per heavy atom. The molecule has 2 rings (SSSR count). The zero-order valence-corrected chi connectivity index (χ0v) is 9.89. The number of anilines is 2. The first-order valence-corrected chi connectivity index (χ1v) is 5.80. The second-order valence-corrected chi connectivity index (χ2v) is 4.16. The molecule has 1 unspecified atom stereocenters. The van der Waals surface area contributed by atoms with Crippen molar-refractivity contribution in [3.8, 4) is 0 Å². The molecule has 1 aromatic carbocycles. The minimum Gasteiger partial charge on any atom is -0.379 e. The molecule has 0 aromatic heterocycles. The Morgan fingerprint density at radius 3 is 2.83 bits per heavy atom. The van der Waals surface area contributed by atoms with Gasteiger partial charge in [-0.1, -0.05) is 6.07 Å². The third kappa shape index (κ3) is 2.69. The van der Waals surface area contributed by atoms with E-state index < -0.39 is 4.92 Å². The van der Waals surface area contributed by atoms with Crippen LogP contribution in [0.4, 0.5) is 17.1 Å². The fourth-order valence-corrected chi connectivity index (χ4v) is 2.05. The molecular weight excluding hydrogens is 236 g/mol. The number of para-hydroxylation sites is 1. The number of hydrazine groups is 1. The number of rotatable bonds is 4. The Bertz CT molecular complexity index is 432. The number of ether oxygens (including phenoxy) is 1. The number of nitrogen functional groups attached to an aromatic ring is 1. The van der Waals surface area contributed by atoms with Gasteiger partial charge in [0.1, 0.15) is 11.4 Å². The molecule has 7 nitrogen and oxygen atoms in total. The summed E-state index contributed by atoms with van der Waals surface area (Å²) in [5.41, 5.74) is 3.06. The van der Waals surface area contributed by atoms with Crippen molar-refractivity contribution < 1.29 is 9.66 Å².